The Balaban J connectivity index is 1.93. The van der Waals surface area contributed by atoms with E-state index in [-0.39, 0.29) is 11.1 Å². The second-order valence-electron chi connectivity index (χ2n) is 6.23. The van der Waals surface area contributed by atoms with Gasteiger partial charge in [-0.2, -0.15) is 17.6 Å². The summed E-state index contributed by atoms with van der Waals surface area (Å²) in [7, 11) is 0. The zero-order valence-corrected chi connectivity index (χ0v) is 14.5. The van der Waals surface area contributed by atoms with Crippen LogP contribution in [0.5, 0.6) is 0 Å². The highest BCUT2D eigenvalue weighted by Gasteiger charge is 2.31. The molecule has 5 nitrogen and oxygen atoms in total. The van der Waals surface area contributed by atoms with Crippen LogP contribution in [0.4, 0.5) is 13.2 Å². The number of halogens is 3. The van der Waals surface area contributed by atoms with Crippen molar-refractivity contribution in [1.82, 2.24) is 14.4 Å². The van der Waals surface area contributed by atoms with Crippen molar-refractivity contribution in [3.63, 3.8) is 0 Å². The predicted octanol–water partition coefficient (Wildman–Crippen LogP) is 3.11. The van der Waals surface area contributed by atoms with E-state index in [4.69, 9.17) is 0 Å². The number of nitrogens with zero attached hydrogens (tertiary/aromatic N) is 4. The topological polar surface area (TPSA) is 51.1 Å². The van der Waals surface area contributed by atoms with Crippen LogP contribution in [0.3, 0.4) is 0 Å². The molecule has 0 aliphatic heterocycles. The number of rotatable bonds is 3. The van der Waals surface area contributed by atoms with Crippen molar-refractivity contribution >= 4 is 5.65 Å². The quantitative estimate of drug-likeness (QED) is 0.511. The number of pyridine rings is 1. The van der Waals surface area contributed by atoms with Gasteiger partial charge in [-0.15, -0.1) is 0 Å². The third kappa shape index (κ3) is 3.36. The van der Waals surface area contributed by atoms with Crippen LogP contribution in [0.1, 0.15) is 11.1 Å². The summed E-state index contributed by atoms with van der Waals surface area (Å²) in [5, 5.41) is 0. The molecule has 4 rings (SSSR count). The van der Waals surface area contributed by atoms with Crippen LogP contribution >= 0.6 is 0 Å². The summed E-state index contributed by atoms with van der Waals surface area (Å²) in [5.41, 5.74) is 0.586. The van der Waals surface area contributed by atoms with Gasteiger partial charge >= 0.3 is 11.7 Å². The van der Waals surface area contributed by atoms with E-state index in [0.29, 0.717) is 12.2 Å². The Kier molecular flexibility index (Phi) is 4.38. The molecule has 4 aromatic rings. The Bertz CT molecular complexity index is 1200. The summed E-state index contributed by atoms with van der Waals surface area (Å²) < 4.78 is 42.5. The molecule has 8 heteroatoms. The fraction of sp³-hybridized carbons (Fsp3) is 0.100. The van der Waals surface area contributed by atoms with Crippen molar-refractivity contribution in [2.45, 2.75) is 12.7 Å². The smallest absolute Gasteiger partial charge is 0.244 e. The van der Waals surface area contributed by atoms with Gasteiger partial charge in [-0.1, -0.05) is 18.2 Å². The molecule has 0 aliphatic rings. The number of fused-ring (bicyclic) bond motifs is 1. The second-order valence-corrected chi connectivity index (χ2v) is 6.23. The summed E-state index contributed by atoms with van der Waals surface area (Å²) in [5.74, 6) is 0. The number of alkyl halides is 3. The minimum Gasteiger partial charge on any atom is -0.244 e. The van der Waals surface area contributed by atoms with Crippen molar-refractivity contribution in [3.05, 3.63) is 95.1 Å². The third-order valence-electron chi connectivity index (χ3n) is 4.33. The average Bonchev–Trinajstić information content (AvgIpc) is 2.70. The highest BCUT2D eigenvalue weighted by molar-refractivity contribution is 5.62. The number of hydrogen-bond donors (Lipinski definition) is 0. The molecule has 0 fully saturated rings. The second kappa shape index (κ2) is 6.88. The van der Waals surface area contributed by atoms with Gasteiger partial charge in [-0.05, 0) is 23.8 Å². The zero-order chi connectivity index (χ0) is 19.7. The summed E-state index contributed by atoms with van der Waals surface area (Å²) in [6, 6.07) is 10.0. The average molecular weight is 383 g/mol. The molecule has 140 valence electrons. The van der Waals surface area contributed by atoms with Crippen LogP contribution in [0, 0.1) is 0 Å². The molecule has 28 heavy (non-hydrogen) atoms. The van der Waals surface area contributed by atoms with Crippen LogP contribution in [-0.2, 0) is 12.7 Å². The van der Waals surface area contributed by atoms with E-state index in [0.717, 1.165) is 17.7 Å². The molecule has 0 unspecified atom stereocenters. The van der Waals surface area contributed by atoms with Crippen molar-refractivity contribution in [2.24, 2.45) is 0 Å². The van der Waals surface area contributed by atoms with Crippen LogP contribution in [0.15, 0.2) is 78.4 Å². The van der Waals surface area contributed by atoms with Crippen LogP contribution in [0.25, 0.3) is 16.8 Å². The number of aromatic nitrogens is 4. The molecular weight excluding hydrogens is 369 g/mol. The fourth-order valence-corrected chi connectivity index (χ4v) is 3.04. The van der Waals surface area contributed by atoms with E-state index in [1.807, 2.05) is 0 Å². The first-order chi connectivity index (χ1) is 13.4. The first-order valence-electron chi connectivity index (χ1n) is 8.39. The highest BCUT2D eigenvalue weighted by atomic mass is 19.4. The largest absolute Gasteiger partial charge is 0.416 e. The molecular formula is C20H14F3N4O+. The Morgan fingerprint density at radius 2 is 1.82 bits per heavy atom. The lowest BCUT2D eigenvalue weighted by atomic mass is 10.1. The highest BCUT2D eigenvalue weighted by Crippen LogP contribution is 2.31. The van der Waals surface area contributed by atoms with E-state index in [9.17, 15) is 18.0 Å². The first kappa shape index (κ1) is 17.8. The third-order valence-corrected chi connectivity index (χ3v) is 4.33. The van der Waals surface area contributed by atoms with Crippen molar-refractivity contribution < 1.29 is 17.7 Å². The van der Waals surface area contributed by atoms with Crippen LogP contribution in [0.2, 0.25) is 0 Å². The lowest BCUT2D eigenvalue weighted by Crippen LogP contribution is -2.40. The molecule has 0 aliphatic carbocycles. The number of benzene rings is 1. The lowest BCUT2D eigenvalue weighted by molar-refractivity contribution is -0.665. The SMILES string of the molecule is O=c1c(-c2cccc(C(F)(F)F)c2)c[n+](Cc2cncnc2)c2ccccn12. The summed E-state index contributed by atoms with van der Waals surface area (Å²) in [6.45, 7) is 0.362. The number of hydrogen-bond acceptors (Lipinski definition) is 3. The van der Waals surface area contributed by atoms with Crippen LogP contribution < -0.4 is 10.1 Å². The Hall–Kier alpha value is -3.55. The summed E-state index contributed by atoms with van der Waals surface area (Å²) >= 11 is 0. The van der Waals surface area contributed by atoms with Crippen molar-refractivity contribution in [2.75, 3.05) is 0 Å². The van der Waals surface area contributed by atoms with E-state index in [2.05, 4.69) is 9.97 Å². The Morgan fingerprint density at radius 1 is 1.04 bits per heavy atom. The van der Waals surface area contributed by atoms with Gasteiger partial charge in [0, 0.05) is 24.0 Å². The van der Waals surface area contributed by atoms with E-state index >= 15 is 0 Å². The van der Waals surface area contributed by atoms with Gasteiger partial charge in [0.15, 0.2) is 0 Å². The predicted molar refractivity (Wildman–Crippen MR) is 95.4 cm³/mol. The standard InChI is InChI=1S/C20H14F3N4O/c21-20(22,23)16-5-3-4-15(8-16)17-12-26(11-14-9-24-13-25-10-14)18-6-1-2-7-27(18)19(17)28/h1-10,12-13H,11H2/q+1. The summed E-state index contributed by atoms with van der Waals surface area (Å²) in [4.78, 5) is 20.9. The normalized spacial score (nSPS) is 11.7. The maximum absolute atomic E-state index is 13.1. The molecule has 0 saturated heterocycles. The lowest BCUT2D eigenvalue weighted by Gasteiger charge is -2.10. The van der Waals surface area contributed by atoms with Crippen molar-refractivity contribution in [1.29, 1.82) is 0 Å². The Labute approximate surface area is 157 Å². The van der Waals surface area contributed by atoms with Gasteiger partial charge in [-0.3, -0.25) is 0 Å². The maximum Gasteiger partial charge on any atom is 0.416 e. The molecule has 0 radical (unpaired) electrons. The summed E-state index contributed by atoms with van der Waals surface area (Å²) in [6.07, 6.45) is 3.38. The molecule has 3 heterocycles. The molecule has 0 spiro atoms. The molecule has 0 atom stereocenters. The van der Waals surface area contributed by atoms with E-state index in [1.54, 1.807) is 47.6 Å². The van der Waals surface area contributed by atoms with E-state index < -0.39 is 17.3 Å². The molecule has 0 bridgehead atoms. The molecule has 3 aromatic heterocycles. The van der Waals surface area contributed by atoms with Gasteiger partial charge < -0.3 is 0 Å². The van der Waals surface area contributed by atoms with Gasteiger partial charge in [0.25, 0.3) is 5.65 Å². The van der Waals surface area contributed by atoms with Gasteiger partial charge in [0.05, 0.1) is 11.8 Å². The van der Waals surface area contributed by atoms with Crippen LogP contribution in [-0.4, -0.2) is 14.4 Å². The van der Waals surface area contributed by atoms with E-state index in [1.165, 1.54) is 22.9 Å². The van der Waals surface area contributed by atoms with Gasteiger partial charge in [0.1, 0.15) is 24.6 Å². The van der Waals surface area contributed by atoms with Gasteiger partial charge in [0.2, 0.25) is 0 Å². The minimum absolute atomic E-state index is 0.173. The molecule has 0 saturated carbocycles. The van der Waals surface area contributed by atoms with Crippen molar-refractivity contribution in [3.8, 4) is 11.1 Å². The molecule has 1 aromatic carbocycles. The monoisotopic (exact) mass is 383 g/mol. The first-order valence-corrected chi connectivity index (χ1v) is 8.39. The fourth-order valence-electron chi connectivity index (χ4n) is 3.04. The van der Waals surface area contributed by atoms with Gasteiger partial charge in [-0.25, -0.2) is 19.3 Å². The maximum atomic E-state index is 13.1. The molecule has 0 amide bonds. The minimum atomic E-state index is -4.49. The Morgan fingerprint density at radius 3 is 2.57 bits per heavy atom. The molecule has 0 N–H and O–H groups in total. The zero-order valence-electron chi connectivity index (χ0n) is 14.5.